The van der Waals surface area contributed by atoms with Gasteiger partial charge in [-0.05, 0) is 69.0 Å². The highest BCUT2D eigenvalue weighted by atomic mass is 32.2. The van der Waals surface area contributed by atoms with Gasteiger partial charge in [0.25, 0.3) is 0 Å². The van der Waals surface area contributed by atoms with Crippen molar-refractivity contribution in [2.24, 2.45) is 0 Å². The van der Waals surface area contributed by atoms with E-state index in [1.54, 1.807) is 24.3 Å². The van der Waals surface area contributed by atoms with Crippen molar-refractivity contribution >= 4 is 15.7 Å². The Kier molecular flexibility index (Phi) is 7.63. The molecule has 1 amide bonds. The second-order valence-electron chi connectivity index (χ2n) is 7.14. The Hall–Kier alpha value is -2.34. The average Bonchev–Trinajstić information content (AvgIpc) is 2.64. The van der Waals surface area contributed by atoms with Gasteiger partial charge < -0.3 is 10.1 Å². The van der Waals surface area contributed by atoms with Gasteiger partial charge in [-0.1, -0.05) is 23.8 Å². The lowest BCUT2D eigenvalue weighted by atomic mass is 10.1. The lowest BCUT2D eigenvalue weighted by Gasteiger charge is -2.12. The van der Waals surface area contributed by atoms with Crippen molar-refractivity contribution in [2.45, 2.75) is 45.4 Å². The van der Waals surface area contributed by atoms with E-state index in [0.29, 0.717) is 19.6 Å². The van der Waals surface area contributed by atoms with Gasteiger partial charge in [0.15, 0.2) is 9.84 Å². The third kappa shape index (κ3) is 6.37. The minimum Gasteiger partial charge on any atom is -0.493 e. The van der Waals surface area contributed by atoms with E-state index >= 15 is 0 Å². The Labute approximate surface area is 168 Å². The predicted octanol–water partition coefficient (Wildman–Crippen LogP) is 3.67. The summed E-state index contributed by atoms with van der Waals surface area (Å²) in [6.07, 6.45) is 0.607. The number of benzene rings is 2. The fraction of sp³-hybridized carbons (Fsp3) is 0.409. The van der Waals surface area contributed by atoms with Gasteiger partial charge in [0.2, 0.25) is 5.91 Å². The van der Waals surface area contributed by atoms with Crippen LogP contribution in [0.2, 0.25) is 0 Å². The molecule has 0 heterocycles. The zero-order chi connectivity index (χ0) is 20.7. The van der Waals surface area contributed by atoms with Crippen LogP contribution in [0, 0.1) is 27.7 Å². The molecular weight excluding hydrogens is 374 g/mol. The standard InChI is InChI=1S/C22H29NO4S/c1-16-6-8-20(9-7-16)28(25,26)13-10-22(24)23-11-5-12-27-21-15-17(2)14-18(3)19(21)4/h6-9,14-15H,5,10-13H2,1-4H3,(H,23,24). The first-order valence-electron chi connectivity index (χ1n) is 9.46. The Balaban J connectivity index is 1.71. The van der Waals surface area contributed by atoms with Crippen LogP contribution in [0.3, 0.4) is 0 Å². The highest BCUT2D eigenvalue weighted by Crippen LogP contribution is 2.23. The number of hydrogen-bond acceptors (Lipinski definition) is 4. The van der Waals surface area contributed by atoms with E-state index in [2.05, 4.69) is 18.3 Å². The second-order valence-corrected chi connectivity index (χ2v) is 9.25. The van der Waals surface area contributed by atoms with Gasteiger partial charge >= 0.3 is 0 Å². The molecule has 0 unspecified atom stereocenters. The lowest BCUT2D eigenvalue weighted by Crippen LogP contribution is -2.27. The Morgan fingerprint density at radius 2 is 1.68 bits per heavy atom. The fourth-order valence-corrected chi connectivity index (χ4v) is 4.05. The molecule has 2 aromatic carbocycles. The summed E-state index contributed by atoms with van der Waals surface area (Å²) in [5.41, 5.74) is 4.46. The normalized spacial score (nSPS) is 11.3. The maximum Gasteiger partial charge on any atom is 0.221 e. The number of carbonyl (C=O) groups excluding carboxylic acids is 1. The molecule has 2 rings (SSSR count). The minimum atomic E-state index is -3.44. The molecule has 28 heavy (non-hydrogen) atoms. The first kappa shape index (κ1) is 22.0. The molecule has 2 aromatic rings. The van der Waals surface area contributed by atoms with Crippen molar-refractivity contribution < 1.29 is 17.9 Å². The van der Waals surface area contributed by atoms with Crippen LogP contribution in [0.1, 0.15) is 35.1 Å². The van der Waals surface area contributed by atoms with Gasteiger partial charge in [-0.25, -0.2) is 8.42 Å². The molecule has 5 nitrogen and oxygen atoms in total. The molecule has 0 saturated heterocycles. The van der Waals surface area contributed by atoms with Crippen molar-refractivity contribution in [3.63, 3.8) is 0 Å². The summed E-state index contributed by atoms with van der Waals surface area (Å²) in [6, 6.07) is 10.8. The summed E-state index contributed by atoms with van der Waals surface area (Å²) in [7, 11) is -3.44. The molecule has 0 bridgehead atoms. The first-order chi connectivity index (χ1) is 13.2. The molecule has 0 fully saturated rings. The lowest BCUT2D eigenvalue weighted by molar-refractivity contribution is -0.120. The molecule has 0 aromatic heterocycles. The van der Waals surface area contributed by atoms with Gasteiger partial charge in [-0.3, -0.25) is 4.79 Å². The van der Waals surface area contributed by atoms with Crippen molar-refractivity contribution in [3.05, 3.63) is 58.7 Å². The quantitative estimate of drug-likeness (QED) is 0.649. The van der Waals surface area contributed by atoms with Crippen LogP contribution in [0.4, 0.5) is 0 Å². The number of aryl methyl sites for hydroxylation is 3. The molecule has 1 N–H and O–H groups in total. The second kappa shape index (κ2) is 9.73. The van der Waals surface area contributed by atoms with Crippen LogP contribution in [0.5, 0.6) is 5.75 Å². The van der Waals surface area contributed by atoms with Gasteiger partial charge in [0.05, 0.1) is 17.3 Å². The Bertz CT molecular complexity index is 918. The number of nitrogens with one attached hydrogen (secondary N) is 1. The molecule has 0 aliphatic heterocycles. The molecule has 0 saturated carbocycles. The molecule has 6 heteroatoms. The predicted molar refractivity (Wildman–Crippen MR) is 112 cm³/mol. The van der Waals surface area contributed by atoms with E-state index in [4.69, 9.17) is 4.74 Å². The number of hydrogen-bond donors (Lipinski definition) is 1. The van der Waals surface area contributed by atoms with E-state index in [9.17, 15) is 13.2 Å². The van der Waals surface area contributed by atoms with Gasteiger partial charge in [0, 0.05) is 13.0 Å². The van der Waals surface area contributed by atoms with E-state index in [1.165, 1.54) is 5.56 Å². The van der Waals surface area contributed by atoms with Crippen molar-refractivity contribution in [2.75, 3.05) is 18.9 Å². The zero-order valence-corrected chi connectivity index (χ0v) is 17.9. The average molecular weight is 404 g/mol. The molecule has 0 radical (unpaired) electrons. The highest BCUT2D eigenvalue weighted by Gasteiger charge is 2.16. The van der Waals surface area contributed by atoms with Gasteiger partial charge in [-0.15, -0.1) is 0 Å². The third-order valence-electron chi connectivity index (χ3n) is 4.64. The largest absolute Gasteiger partial charge is 0.493 e. The minimum absolute atomic E-state index is 0.0484. The smallest absolute Gasteiger partial charge is 0.221 e. The van der Waals surface area contributed by atoms with Crippen LogP contribution in [0.25, 0.3) is 0 Å². The number of rotatable bonds is 9. The topological polar surface area (TPSA) is 72.5 Å². The number of ether oxygens (including phenoxy) is 1. The monoisotopic (exact) mass is 403 g/mol. The molecule has 0 spiro atoms. The van der Waals surface area contributed by atoms with Crippen molar-refractivity contribution in [3.8, 4) is 5.75 Å². The van der Waals surface area contributed by atoms with E-state index < -0.39 is 9.84 Å². The van der Waals surface area contributed by atoms with E-state index in [-0.39, 0.29) is 23.0 Å². The Morgan fingerprint density at radius 3 is 2.36 bits per heavy atom. The maximum atomic E-state index is 12.3. The summed E-state index contributed by atoms with van der Waals surface area (Å²) >= 11 is 0. The third-order valence-corrected chi connectivity index (χ3v) is 6.37. The fourth-order valence-electron chi connectivity index (χ4n) is 2.81. The van der Waals surface area contributed by atoms with Crippen LogP contribution in [-0.2, 0) is 14.6 Å². The van der Waals surface area contributed by atoms with E-state index in [0.717, 1.165) is 22.4 Å². The molecule has 152 valence electrons. The summed E-state index contributed by atoms with van der Waals surface area (Å²) in [5.74, 6) is 0.409. The SMILES string of the molecule is Cc1ccc(S(=O)(=O)CCC(=O)NCCCOc2cc(C)cc(C)c2C)cc1. The van der Waals surface area contributed by atoms with Crippen LogP contribution in [-0.4, -0.2) is 33.2 Å². The molecule has 0 aliphatic rings. The van der Waals surface area contributed by atoms with Gasteiger partial charge in [0.1, 0.15) is 5.75 Å². The van der Waals surface area contributed by atoms with E-state index in [1.807, 2.05) is 26.8 Å². The zero-order valence-electron chi connectivity index (χ0n) is 17.0. The van der Waals surface area contributed by atoms with Crippen LogP contribution >= 0.6 is 0 Å². The van der Waals surface area contributed by atoms with Crippen LogP contribution in [0.15, 0.2) is 41.3 Å². The summed E-state index contributed by atoms with van der Waals surface area (Å²) in [4.78, 5) is 12.2. The summed E-state index contributed by atoms with van der Waals surface area (Å²) in [6.45, 7) is 8.96. The van der Waals surface area contributed by atoms with Crippen LogP contribution < -0.4 is 10.1 Å². The molecule has 0 aliphatic carbocycles. The van der Waals surface area contributed by atoms with Crippen molar-refractivity contribution in [1.82, 2.24) is 5.32 Å². The maximum absolute atomic E-state index is 12.3. The number of carbonyl (C=O) groups is 1. The number of amides is 1. The Morgan fingerprint density at radius 1 is 1.00 bits per heavy atom. The summed E-state index contributed by atoms with van der Waals surface area (Å²) in [5, 5.41) is 2.76. The van der Waals surface area contributed by atoms with Crippen molar-refractivity contribution in [1.29, 1.82) is 0 Å². The number of sulfone groups is 1. The highest BCUT2D eigenvalue weighted by molar-refractivity contribution is 7.91. The first-order valence-corrected chi connectivity index (χ1v) is 11.1. The summed E-state index contributed by atoms with van der Waals surface area (Å²) < 4.78 is 30.4. The molecule has 0 atom stereocenters. The van der Waals surface area contributed by atoms with Gasteiger partial charge in [-0.2, -0.15) is 0 Å². The molecular formula is C22H29NO4S.